The van der Waals surface area contributed by atoms with Crippen LogP contribution in [-0.4, -0.2) is 24.1 Å². The Kier molecular flexibility index (Phi) is 7.41. The molecule has 0 bridgehead atoms. The van der Waals surface area contributed by atoms with Gasteiger partial charge < -0.3 is 9.13 Å². The molecule has 61 heavy (non-hydrogen) atoms. The summed E-state index contributed by atoms with van der Waals surface area (Å²) < 4.78 is 7.45. The molecule has 0 atom stereocenters. The summed E-state index contributed by atoms with van der Waals surface area (Å²) in [6, 6.07) is 71.4. The summed E-state index contributed by atoms with van der Waals surface area (Å²) in [7, 11) is 0. The molecule has 9 aromatic carbocycles. The van der Waals surface area contributed by atoms with Gasteiger partial charge in [-0.2, -0.15) is 0 Å². The van der Waals surface area contributed by atoms with Gasteiger partial charge in [-0.25, -0.2) is 15.0 Å². The maximum Gasteiger partial charge on any atom is 0.164 e. The van der Waals surface area contributed by atoms with E-state index in [1.54, 1.807) is 0 Å². The highest BCUT2D eigenvalue weighted by atomic mass is 32.1. The highest BCUT2D eigenvalue weighted by Gasteiger charge is 2.21. The Balaban J connectivity index is 1.09. The second-order valence-electron chi connectivity index (χ2n) is 15.6. The highest BCUT2D eigenvalue weighted by molar-refractivity contribution is 7.26. The molecule has 0 spiro atoms. The smallest absolute Gasteiger partial charge is 0.164 e. The van der Waals surface area contributed by atoms with Gasteiger partial charge in [0.15, 0.2) is 17.5 Å². The van der Waals surface area contributed by atoms with Gasteiger partial charge in [-0.05, 0) is 65.4 Å². The average molecular weight is 796 g/mol. The average Bonchev–Trinajstić information content (AvgIpc) is 3.99. The van der Waals surface area contributed by atoms with Gasteiger partial charge in [-0.15, -0.1) is 11.3 Å². The van der Waals surface area contributed by atoms with Crippen LogP contribution in [0.15, 0.2) is 200 Å². The molecule has 0 aliphatic rings. The van der Waals surface area contributed by atoms with Crippen molar-refractivity contribution in [1.29, 1.82) is 0 Å². The maximum atomic E-state index is 5.11. The zero-order valence-electron chi connectivity index (χ0n) is 32.7. The molecule has 0 amide bonds. The van der Waals surface area contributed by atoms with Crippen molar-refractivity contribution in [3.05, 3.63) is 200 Å². The Morgan fingerprint density at radius 2 is 0.885 bits per heavy atom. The van der Waals surface area contributed by atoms with Gasteiger partial charge in [0.05, 0.1) is 22.1 Å². The summed E-state index contributed by atoms with van der Waals surface area (Å²) >= 11 is 1.86. The van der Waals surface area contributed by atoms with Gasteiger partial charge in [-0.1, -0.05) is 146 Å². The van der Waals surface area contributed by atoms with E-state index in [-0.39, 0.29) is 0 Å². The molecule has 0 fully saturated rings. The third kappa shape index (κ3) is 5.22. The van der Waals surface area contributed by atoms with E-state index in [0.717, 1.165) is 39.1 Å². The van der Waals surface area contributed by atoms with Crippen molar-refractivity contribution < 1.29 is 0 Å². The summed E-state index contributed by atoms with van der Waals surface area (Å²) in [5.41, 5.74) is 9.60. The quantitative estimate of drug-likeness (QED) is 0.174. The van der Waals surface area contributed by atoms with Gasteiger partial charge in [-0.3, -0.25) is 0 Å². The van der Waals surface area contributed by atoms with Crippen LogP contribution in [0.4, 0.5) is 0 Å². The molecule has 5 nitrogen and oxygen atoms in total. The minimum atomic E-state index is 0.625. The van der Waals surface area contributed by atoms with Crippen molar-refractivity contribution >= 4 is 85.9 Å². The number of aromatic nitrogens is 5. The zero-order chi connectivity index (χ0) is 40.0. The van der Waals surface area contributed by atoms with Crippen molar-refractivity contribution in [3.8, 4) is 45.5 Å². The first-order valence-corrected chi connectivity index (χ1v) is 21.3. The molecule has 13 aromatic rings. The molecule has 0 N–H and O–H groups in total. The lowest BCUT2D eigenvalue weighted by Crippen LogP contribution is -2.01. The second kappa shape index (κ2) is 13.3. The van der Waals surface area contributed by atoms with Crippen LogP contribution in [0.1, 0.15) is 0 Å². The number of para-hydroxylation sites is 1. The van der Waals surface area contributed by atoms with Crippen LogP contribution in [0.3, 0.4) is 0 Å². The van der Waals surface area contributed by atoms with E-state index in [1.165, 1.54) is 63.5 Å². The number of benzene rings is 9. The van der Waals surface area contributed by atoms with Gasteiger partial charge in [0.2, 0.25) is 0 Å². The molecule has 6 heteroatoms. The molecule has 0 unspecified atom stereocenters. The van der Waals surface area contributed by atoms with Gasteiger partial charge >= 0.3 is 0 Å². The van der Waals surface area contributed by atoms with Crippen LogP contribution in [0.2, 0.25) is 0 Å². The van der Waals surface area contributed by atoms with E-state index in [4.69, 9.17) is 15.0 Å². The molecule has 4 heterocycles. The van der Waals surface area contributed by atoms with Crippen molar-refractivity contribution in [3.63, 3.8) is 0 Å². The minimum Gasteiger partial charge on any atom is -0.309 e. The van der Waals surface area contributed by atoms with Crippen LogP contribution >= 0.6 is 11.3 Å². The molecular weight excluding hydrogens is 763 g/mol. The number of thiophene rings is 1. The predicted octanol–water partition coefficient (Wildman–Crippen LogP) is 14.6. The molecule has 0 saturated heterocycles. The van der Waals surface area contributed by atoms with E-state index in [2.05, 4.69) is 173 Å². The Morgan fingerprint density at radius 3 is 1.67 bits per heavy atom. The SMILES string of the molecule is c1ccc(-c2nc(-c3ccccc3)nc(-c3cccc(-n4c5cc(-n6c7ccccc7c7c8ccccc8ccc76)ccc5c5c6c(ccc54)sc4ccccc46)c3)n2)cc1. The first-order chi connectivity index (χ1) is 30.2. The molecule has 0 aliphatic heterocycles. The topological polar surface area (TPSA) is 48.5 Å². The monoisotopic (exact) mass is 795 g/mol. The Morgan fingerprint density at radius 1 is 0.311 bits per heavy atom. The van der Waals surface area contributed by atoms with Gasteiger partial charge in [0.25, 0.3) is 0 Å². The summed E-state index contributed by atoms with van der Waals surface area (Å²) in [5, 5.41) is 10.1. The molecule has 0 aliphatic carbocycles. The summed E-state index contributed by atoms with van der Waals surface area (Å²) in [5.74, 6) is 1.91. The minimum absolute atomic E-state index is 0.625. The lowest BCUT2D eigenvalue weighted by Gasteiger charge is -2.13. The van der Waals surface area contributed by atoms with E-state index >= 15 is 0 Å². The van der Waals surface area contributed by atoms with Crippen LogP contribution in [0.25, 0.3) is 120 Å². The van der Waals surface area contributed by atoms with Crippen molar-refractivity contribution in [1.82, 2.24) is 24.1 Å². The number of hydrogen-bond acceptors (Lipinski definition) is 4. The zero-order valence-corrected chi connectivity index (χ0v) is 33.5. The van der Waals surface area contributed by atoms with E-state index in [1.807, 2.05) is 47.7 Å². The van der Waals surface area contributed by atoms with E-state index < -0.39 is 0 Å². The highest BCUT2D eigenvalue weighted by Crippen LogP contribution is 2.45. The maximum absolute atomic E-state index is 5.11. The Hall–Kier alpha value is -7.93. The molecule has 13 rings (SSSR count). The van der Waals surface area contributed by atoms with Crippen LogP contribution in [-0.2, 0) is 0 Å². The third-order valence-electron chi connectivity index (χ3n) is 12.1. The summed E-state index contributed by atoms with van der Waals surface area (Å²) in [6.45, 7) is 0. The number of fused-ring (bicyclic) bond motifs is 12. The van der Waals surface area contributed by atoms with Crippen molar-refractivity contribution in [2.24, 2.45) is 0 Å². The lowest BCUT2D eigenvalue weighted by molar-refractivity contribution is 1.07. The Labute approximate surface area is 354 Å². The standard InChI is InChI=1S/C55H33N5S/c1-3-15-35(16-4-1)53-56-54(36-17-5-2-6-18-36)58-55(57-53)37-19-13-20-38(32-37)60-46-30-31-49-52(43-23-10-12-25-48(43)61-49)51(46)42-28-27-39(33-47(42)60)59-44-24-11-9-22-41(44)50-40-21-8-7-14-34(40)26-29-45(50)59/h1-33H. The lowest BCUT2D eigenvalue weighted by atomic mass is 10.0. The molecule has 284 valence electrons. The first-order valence-electron chi connectivity index (χ1n) is 20.5. The van der Waals surface area contributed by atoms with Gasteiger partial charge in [0.1, 0.15) is 0 Å². The fourth-order valence-electron chi connectivity index (χ4n) is 9.47. The van der Waals surface area contributed by atoms with Crippen molar-refractivity contribution in [2.45, 2.75) is 0 Å². The van der Waals surface area contributed by atoms with Gasteiger partial charge in [0, 0.05) is 69.8 Å². The number of nitrogens with zero attached hydrogens (tertiary/aromatic N) is 5. The summed E-state index contributed by atoms with van der Waals surface area (Å²) in [6.07, 6.45) is 0. The molecule has 0 saturated carbocycles. The predicted molar refractivity (Wildman–Crippen MR) is 255 cm³/mol. The molecular formula is C55H33N5S. The fraction of sp³-hybridized carbons (Fsp3) is 0. The third-order valence-corrected chi connectivity index (χ3v) is 13.3. The van der Waals surface area contributed by atoms with Crippen LogP contribution in [0.5, 0.6) is 0 Å². The molecule has 0 radical (unpaired) electrons. The largest absolute Gasteiger partial charge is 0.309 e. The Bertz CT molecular complexity index is 3820. The summed E-state index contributed by atoms with van der Waals surface area (Å²) in [4.78, 5) is 15.2. The normalized spacial score (nSPS) is 11.9. The van der Waals surface area contributed by atoms with E-state index in [9.17, 15) is 0 Å². The van der Waals surface area contributed by atoms with Crippen LogP contribution in [0, 0.1) is 0 Å². The first kappa shape index (κ1) is 34.0. The number of rotatable bonds is 5. The fourth-order valence-corrected chi connectivity index (χ4v) is 10.6. The van der Waals surface area contributed by atoms with E-state index in [0.29, 0.717) is 17.5 Å². The van der Waals surface area contributed by atoms with Crippen LogP contribution < -0.4 is 0 Å². The molecule has 4 aromatic heterocycles. The van der Waals surface area contributed by atoms with Crippen molar-refractivity contribution in [2.75, 3.05) is 0 Å². The number of hydrogen-bond donors (Lipinski definition) is 0. The second-order valence-corrected chi connectivity index (χ2v) is 16.7.